The van der Waals surface area contributed by atoms with Crippen LogP contribution in [0.5, 0.6) is 5.75 Å². The van der Waals surface area contributed by atoms with E-state index in [1.54, 1.807) is 13.2 Å². The highest BCUT2D eigenvalue weighted by Crippen LogP contribution is 2.24. The van der Waals surface area contributed by atoms with E-state index >= 15 is 0 Å². The van der Waals surface area contributed by atoms with Gasteiger partial charge in [0.15, 0.2) is 0 Å². The average Bonchev–Trinajstić information content (AvgIpc) is 2.37. The highest BCUT2D eigenvalue weighted by Gasteiger charge is 2.28. The van der Waals surface area contributed by atoms with Gasteiger partial charge >= 0.3 is 0 Å². The molecule has 1 heterocycles. The normalized spacial score (nSPS) is 23.9. The number of piperidine rings is 1. The van der Waals surface area contributed by atoms with Crippen molar-refractivity contribution in [3.05, 3.63) is 29.3 Å². The Morgan fingerprint density at radius 1 is 1.53 bits per heavy atom. The molecule has 1 N–H and O–H groups in total. The van der Waals surface area contributed by atoms with Crippen molar-refractivity contribution in [2.45, 2.75) is 31.9 Å². The van der Waals surface area contributed by atoms with E-state index in [4.69, 9.17) is 10.00 Å². The number of β-amino-alcohol motifs (C(OH)–C–C–N with tert-alkyl or cyclic N) is 1. The maximum Gasteiger partial charge on any atom is 0.136 e. The molecule has 2 rings (SSSR count). The molecule has 0 spiro atoms. The second-order valence-electron chi connectivity index (χ2n) is 5.46. The lowest BCUT2D eigenvalue weighted by Gasteiger charge is -2.36. The molecule has 102 valence electrons. The fraction of sp³-hybridized carbons (Fsp3) is 0.533. The Labute approximate surface area is 114 Å². The minimum Gasteiger partial charge on any atom is -0.495 e. The molecule has 1 aromatic carbocycles. The molecule has 0 aromatic heterocycles. The summed E-state index contributed by atoms with van der Waals surface area (Å²) in [7, 11) is 1.58. The highest BCUT2D eigenvalue weighted by atomic mass is 16.5. The number of aliphatic hydroxyl groups is 1. The summed E-state index contributed by atoms with van der Waals surface area (Å²) in [5, 5.41) is 19.1. The monoisotopic (exact) mass is 260 g/mol. The third-order valence-corrected chi connectivity index (χ3v) is 3.55. The van der Waals surface area contributed by atoms with E-state index in [-0.39, 0.29) is 0 Å². The number of ether oxygens (including phenoxy) is 1. The van der Waals surface area contributed by atoms with E-state index in [0.717, 1.165) is 31.5 Å². The molecular formula is C15H20N2O2. The zero-order chi connectivity index (χ0) is 13.9. The summed E-state index contributed by atoms with van der Waals surface area (Å²) in [5.74, 6) is 0.615. The van der Waals surface area contributed by atoms with E-state index in [9.17, 15) is 5.11 Å². The molecule has 1 saturated heterocycles. The summed E-state index contributed by atoms with van der Waals surface area (Å²) in [6.07, 6.45) is 1.88. The largest absolute Gasteiger partial charge is 0.495 e. The van der Waals surface area contributed by atoms with Crippen LogP contribution in [0.1, 0.15) is 30.9 Å². The Morgan fingerprint density at radius 3 is 2.95 bits per heavy atom. The first-order chi connectivity index (χ1) is 9.04. The second-order valence-corrected chi connectivity index (χ2v) is 5.46. The lowest BCUT2D eigenvalue weighted by atomic mass is 9.95. The van der Waals surface area contributed by atoms with E-state index < -0.39 is 5.60 Å². The first kappa shape index (κ1) is 13.9. The van der Waals surface area contributed by atoms with Crippen LogP contribution in [-0.2, 0) is 6.54 Å². The Hall–Kier alpha value is -1.57. The molecule has 1 fully saturated rings. The average molecular weight is 260 g/mol. The Morgan fingerprint density at radius 2 is 2.32 bits per heavy atom. The van der Waals surface area contributed by atoms with Gasteiger partial charge in [0, 0.05) is 13.1 Å². The van der Waals surface area contributed by atoms with Gasteiger partial charge in [-0.05, 0) is 44.0 Å². The molecule has 4 nitrogen and oxygen atoms in total. The lowest BCUT2D eigenvalue weighted by molar-refractivity contribution is -0.0181. The van der Waals surface area contributed by atoms with Gasteiger partial charge in [-0.3, -0.25) is 4.90 Å². The summed E-state index contributed by atoms with van der Waals surface area (Å²) >= 11 is 0. The zero-order valence-electron chi connectivity index (χ0n) is 11.5. The smallest absolute Gasteiger partial charge is 0.136 e. The predicted molar refractivity (Wildman–Crippen MR) is 72.8 cm³/mol. The maximum absolute atomic E-state index is 10.1. The van der Waals surface area contributed by atoms with E-state index in [1.165, 1.54) is 0 Å². The van der Waals surface area contributed by atoms with Gasteiger partial charge in [0.05, 0.1) is 18.3 Å². The number of nitriles is 1. The van der Waals surface area contributed by atoms with Gasteiger partial charge in [-0.15, -0.1) is 0 Å². The van der Waals surface area contributed by atoms with Gasteiger partial charge < -0.3 is 9.84 Å². The second kappa shape index (κ2) is 5.60. The molecule has 1 aliphatic heterocycles. The van der Waals surface area contributed by atoms with Crippen molar-refractivity contribution in [1.29, 1.82) is 5.26 Å². The number of methoxy groups -OCH3 is 1. The van der Waals surface area contributed by atoms with Crippen LogP contribution in [0.2, 0.25) is 0 Å². The van der Waals surface area contributed by atoms with Gasteiger partial charge in [0.1, 0.15) is 11.8 Å². The van der Waals surface area contributed by atoms with Gasteiger partial charge in [-0.25, -0.2) is 0 Å². The van der Waals surface area contributed by atoms with Crippen LogP contribution in [-0.4, -0.2) is 35.8 Å². The standard InChI is InChI=1S/C15H20N2O2/c1-15(18)6-3-7-17(11-15)10-12-4-5-13(9-16)14(8-12)19-2/h4-5,8,18H,3,6-7,10-11H2,1-2H3. The van der Waals surface area contributed by atoms with Gasteiger partial charge in [-0.1, -0.05) is 6.07 Å². The van der Waals surface area contributed by atoms with Crippen LogP contribution in [0.4, 0.5) is 0 Å². The van der Waals surface area contributed by atoms with Crippen molar-refractivity contribution in [3.8, 4) is 11.8 Å². The summed E-state index contributed by atoms with van der Waals surface area (Å²) in [6.45, 7) is 4.35. The van der Waals surface area contributed by atoms with E-state index in [1.807, 2.05) is 19.1 Å². The maximum atomic E-state index is 10.1. The lowest BCUT2D eigenvalue weighted by Crippen LogP contribution is -2.45. The number of rotatable bonds is 3. The summed E-state index contributed by atoms with van der Waals surface area (Å²) in [4.78, 5) is 2.24. The Balaban J connectivity index is 2.09. The minimum absolute atomic E-state index is 0.553. The van der Waals surface area contributed by atoms with Crippen molar-refractivity contribution in [3.63, 3.8) is 0 Å². The number of hydrogen-bond acceptors (Lipinski definition) is 4. The van der Waals surface area contributed by atoms with Crippen LogP contribution in [0.3, 0.4) is 0 Å². The number of nitrogens with zero attached hydrogens (tertiary/aromatic N) is 2. The summed E-state index contributed by atoms with van der Waals surface area (Å²) < 4.78 is 5.22. The molecule has 0 aliphatic carbocycles. The SMILES string of the molecule is COc1cc(CN2CCCC(C)(O)C2)ccc1C#N. The molecule has 0 bridgehead atoms. The molecule has 1 atom stereocenters. The molecule has 19 heavy (non-hydrogen) atoms. The van der Waals surface area contributed by atoms with Crippen LogP contribution in [0, 0.1) is 11.3 Å². The van der Waals surface area contributed by atoms with Crippen LogP contribution in [0.15, 0.2) is 18.2 Å². The fourth-order valence-electron chi connectivity index (χ4n) is 2.64. The first-order valence-electron chi connectivity index (χ1n) is 6.56. The Kier molecular flexibility index (Phi) is 4.08. The van der Waals surface area contributed by atoms with Crippen LogP contribution in [0.25, 0.3) is 0 Å². The van der Waals surface area contributed by atoms with Crippen molar-refractivity contribution >= 4 is 0 Å². The molecule has 1 aliphatic rings. The van der Waals surface area contributed by atoms with Crippen molar-refractivity contribution in [1.82, 2.24) is 4.90 Å². The van der Waals surface area contributed by atoms with Gasteiger partial charge in [-0.2, -0.15) is 5.26 Å². The zero-order valence-corrected chi connectivity index (χ0v) is 11.5. The van der Waals surface area contributed by atoms with E-state index in [2.05, 4.69) is 11.0 Å². The minimum atomic E-state index is -0.588. The summed E-state index contributed by atoms with van der Waals surface area (Å²) in [6, 6.07) is 7.75. The van der Waals surface area contributed by atoms with Crippen molar-refractivity contribution in [2.24, 2.45) is 0 Å². The van der Waals surface area contributed by atoms with Crippen LogP contribution >= 0.6 is 0 Å². The summed E-state index contributed by atoms with van der Waals surface area (Å²) in [5.41, 5.74) is 1.07. The third kappa shape index (κ3) is 3.46. The molecule has 1 aromatic rings. The molecule has 1 unspecified atom stereocenters. The van der Waals surface area contributed by atoms with E-state index in [0.29, 0.717) is 17.9 Å². The number of benzene rings is 1. The Bertz CT molecular complexity index is 491. The first-order valence-corrected chi connectivity index (χ1v) is 6.56. The third-order valence-electron chi connectivity index (χ3n) is 3.55. The number of hydrogen-bond donors (Lipinski definition) is 1. The predicted octanol–water partition coefficient (Wildman–Crippen LogP) is 1.91. The highest BCUT2D eigenvalue weighted by molar-refractivity contribution is 5.45. The van der Waals surface area contributed by atoms with Gasteiger partial charge in [0.25, 0.3) is 0 Å². The van der Waals surface area contributed by atoms with Crippen LogP contribution < -0.4 is 4.74 Å². The molecular weight excluding hydrogens is 240 g/mol. The molecule has 0 amide bonds. The van der Waals surface area contributed by atoms with Crippen molar-refractivity contribution in [2.75, 3.05) is 20.2 Å². The molecule has 0 saturated carbocycles. The number of likely N-dealkylation sites (tertiary alicyclic amines) is 1. The molecule has 4 heteroatoms. The topological polar surface area (TPSA) is 56.5 Å². The quantitative estimate of drug-likeness (QED) is 0.902. The van der Waals surface area contributed by atoms with Gasteiger partial charge in [0.2, 0.25) is 0 Å². The molecule has 0 radical (unpaired) electrons. The fourth-order valence-corrected chi connectivity index (χ4v) is 2.64. The van der Waals surface area contributed by atoms with Crippen molar-refractivity contribution < 1.29 is 9.84 Å².